The summed E-state index contributed by atoms with van der Waals surface area (Å²) in [6.45, 7) is -1.50. The minimum absolute atomic E-state index is 0.206. The van der Waals surface area contributed by atoms with Gasteiger partial charge in [-0.2, -0.15) is 75.6 Å². The zero-order valence-electron chi connectivity index (χ0n) is 24.2. The van der Waals surface area contributed by atoms with Crippen LogP contribution in [0.1, 0.15) is 57.8 Å². The van der Waals surface area contributed by atoms with E-state index in [4.69, 9.17) is 0 Å². The average Bonchev–Trinajstić information content (AvgIpc) is 2.94. The summed E-state index contributed by atoms with van der Waals surface area (Å²) >= 11 is 0. The van der Waals surface area contributed by atoms with E-state index in [0.717, 1.165) is 19.3 Å². The Balaban J connectivity index is 0.000000964. The third-order valence-corrected chi connectivity index (χ3v) is 9.13. The van der Waals surface area contributed by atoms with Crippen molar-refractivity contribution in [3.05, 3.63) is 0 Å². The van der Waals surface area contributed by atoms with Crippen molar-refractivity contribution in [3.8, 4) is 0 Å². The third-order valence-electron chi connectivity index (χ3n) is 6.44. The number of halogens is 17. The molecular weight excluding hydrogens is 711 g/mol. The Bertz CT molecular complexity index is 896. The quantitative estimate of drug-likeness (QED) is 0.0606. The molecule has 0 bridgehead atoms. The molecule has 1 unspecified atom stereocenters. The van der Waals surface area contributed by atoms with Gasteiger partial charge in [-0.15, -0.1) is 0 Å². The Morgan fingerprint density at radius 3 is 1.50 bits per heavy atom. The highest BCUT2D eigenvalue weighted by molar-refractivity contribution is 6.63. The summed E-state index contributed by atoms with van der Waals surface area (Å²) in [5.41, 5.74) is -6.40. The zero-order chi connectivity index (χ0) is 36.5. The van der Waals surface area contributed by atoms with E-state index >= 15 is 0 Å². The second kappa shape index (κ2) is 16.5. The molecule has 0 aromatic heterocycles. The summed E-state index contributed by atoms with van der Waals surface area (Å²) < 4.78 is 236. The van der Waals surface area contributed by atoms with Crippen LogP contribution in [-0.4, -0.2) is 90.6 Å². The fourth-order valence-electron chi connectivity index (χ4n) is 3.63. The zero-order valence-corrected chi connectivity index (χ0v) is 25.2. The number of hydrogen-bond donors (Lipinski definition) is 0. The first kappa shape index (κ1) is 44.8. The summed E-state index contributed by atoms with van der Waals surface area (Å²) in [5, 5.41) is 3.83. The van der Waals surface area contributed by atoms with E-state index in [2.05, 4.69) is 28.1 Å². The summed E-state index contributed by atoms with van der Waals surface area (Å²) in [7, 11) is -5.58. The molecular formula is C22H31F17O6Si. The highest BCUT2D eigenvalue weighted by Gasteiger charge is 2.91. The van der Waals surface area contributed by atoms with Gasteiger partial charge in [-0.25, -0.2) is 4.39 Å². The second-order valence-corrected chi connectivity index (χ2v) is 12.7. The highest BCUT2D eigenvalue weighted by Crippen LogP contribution is 2.60. The lowest BCUT2D eigenvalue weighted by Gasteiger charge is -2.42. The highest BCUT2D eigenvalue weighted by atomic mass is 28.4. The fourth-order valence-corrected chi connectivity index (χ4v) is 5.44. The third kappa shape index (κ3) is 9.69. The molecule has 1 rings (SSSR count). The summed E-state index contributed by atoms with van der Waals surface area (Å²) in [5.74, 6) is -35.4. The number of unbranched alkanes of at least 4 members (excludes halogenated alkanes) is 5. The molecule has 0 spiro atoms. The smallest absolute Gasteiger partial charge is 0.373 e. The van der Waals surface area contributed by atoms with Crippen LogP contribution in [0, 0.1) is 0 Å². The minimum Gasteiger partial charge on any atom is -0.373 e. The predicted octanol–water partition coefficient (Wildman–Crippen LogP) is 8.80. The first-order valence-corrected chi connectivity index (χ1v) is 14.6. The Hall–Kier alpha value is -1.21. The maximum absolute atomic E-state index is 14.0. The van der Waals surface area contributed by atoms with E-state index in [0.29, 0.717) is 12.8 Å². The van der Waals surface area contributed by atoms with Gasteiger partial charge in [0.15, 0.2) is 6.61 Å². The monoisotopic (exact) mass is 742 g/mol. The Morgan fingerprint density at radius 2 is 1.09 bits per heavy atom. The molecule has 1 atom stereocenters. The van der Waals surface area contributed by atoms with Crippen LogP contribution in [0.4, 0.5) is 74.6 Å². The maximum atomic E-state index is 14.0. The molecule has 0 aromatic carbocycles. The van der Waals surface area contributed by atoms with E-state index in [1.165, 1.54) is 0 Å². The van der Waals surface area contributed by atoms with E-state index in [9.17, 15) is 74.6 Å². The van der Waals surface area contributed by atoms with Crippen LogP contribution in [0.5, 0.6) is 0 Å². The summed E-state index contributed by atoms with van der Waals surface area (Å²) in [4.78, 5) is 7.84. The number of alkyl halides is 17. The molecule has 0 amide bonds. The molecule has 0 saturated carbocycles. The van der Waals surface area contributed by atoms with E-state index in [-0.39, 0.29) is 34.4 Å². The molecule has 278 valence electrons. The van der Waals surface area contributed by atoms with Crippen molar-refractivity contribution in [1.82, 2.24) is 0 Å². The Kier molecular flexibility index (Phi) is 16.0. The van der Waals surface area contributed by atoms with Gasteiger partial charge in [0.2, 0.25) is 0 Å². The van der Waals surface area contributed by atoms with Gasteiger partial charge >= 0.3 is 56.0 Å². The molecule has 6 nitrogen and oxygen atoms in total. The van der Waals surface area contributed by atoms with Crippen molar-refractivity contribution in [1.29, 1.82) is 0 Å². The Labute approximate surface area is 252 Å². The fraction of sp³-hybridized carbons (Fsp3) is 1.00. The number of rotatable bonds is 18. The molecule has 1 aliphatic rings. The first-order chi connectivity index (χ1) is 20.7. The van der Waals surface area contributed by atoms with Gasteiger partial charge in [-0.05, 0) is 12.8 Å². The van der Waals surface area contributed by atoms with Crippen LogP contribution < -0.4 is 0 Å². The van der Waals surface area contributed by atoms with Gasteiger partial charge in [0.25, 0.3) is 0 Å². The second-order valence-electron chi connectivity index (χ2n) is 9.69. The lowest BCUT2D eigenvalue weighted by atomic mass is 9.95. The van der Waals surface area contributed by atoms with Crippen LogP contribution >= 0.6 is 0 Å². The van der Waals surface area contributed by atoms with Gasteiger partial charge in [0, 0.05) is 40.6 Å². The molecule has 1 fully saturated rings. The van der Waals surface area contributed by atoms with Crippen LogP contribution in [0.2, 0.25) is 0 Å². The van der Waals surface area contributed by atoms with Crippen molar-refractivity contribution >= 4 is 8.80 Å². The lowest BCUT2D eigenvalue weighted by molar-refractivity contribution is -0.619. The van der Waals surface area contributed by atoms with Gasteiger partial charge < -0.3 is 13.3 Å². The largest absolute Gasteiger partial charge is 0.581 e. The van der Waals surface area contributed by atoms with Crippen LogP contribution in [0.25, 0.3) is 0 Å². The van der Waals surface area contributed by atoms with Crippen molar-refractivity contribution in [2.24, 2.45) is 0 Å². The maximum Gasteiger partial charge on any atom is 0.581 e. The molecule has 0 aliphatic carbocycles. The van der Waals surface area contributed by atoms with Gasteiger partial charge in [-0.1, -0.05) is 30.7 Å². The molecule has 1 heterocycles. The topological polar surface area (TPSA) is 55.4 Å². The van der Waals surface area contributed by atoms with Crippen LogP contribution in [0.15, 0.2) is 0 Å². The summed E-state index contributed by atoms with van der Waals surface area (Å²) in [6.07, 6.45) is -8.14. The average molecular weight is 743 g/mol. The van der Waals surface area contributed by atoms with Gasteiger partial charge in [0.1, 0.15) is 0 Å². The molecule has 0 aromatic rings. The van der Waals surface area contributed by atoms with Gasteiger partial charge in [-0.3, -0.25) is 4.39 Å². The minimum atomic E-state index is -7.55. The number of hydrogen-bond acceptors (Lipinski definition) is 6. The van der Waals surface area contributed by atoms with E-state index in [1.54, 1.807) is 0 Å². The van der Waals surface area contributed by atoms with Gasteiger partial charge in [0.05, 0.1) is 6.67 Å². The SMILES string of the molecule is CO[Si](OC)(OC)C(F)(F)C(F)(F)C(F)(F)C(F)(F)C(F)(F)CCC(F)(F)F.FCCCCCCCCC1(F)OOOCC1(F)F. The molecule has 24 heteroatoms. The van der Waals surface area contributed by atoms with Crippen LogP contribution in [0.3, 0.4) is 0 Å². The molecule has 1 aliphatic heterocycles. The van der Waals surface area contributed by atoms with E-state index in [1.807, 2.05) is 0 Å². The molecule has 1 saturated heterocycles. The van der Waals surface area contributed by atoms with Crippen molar-refractivity contribution in [2.45, 2.75) is 105 Å². The first-order valence-electron chi connectivity index (χ1n) is 12.9. The van der Waals surface area contributed by atoms with Crippen molar-refractivity contribution < 1.29 is 103 Å². The lowest BCUT2D eigenvalue weighted by Crippen LogP contribution is -2.75. The molecule has 0 N–H and O–H groups in total. The molecule has 46 heavy (non-hydrogen) atoms. The van der Waals surface area contributed by atoms with Crippen molar-refractivity contribution in [2.75, 3.05) is 34.6 Å². The van der Waals surface area contributed by atoms with E-state index < -0.39 is 81.9 Å². The summed E-state index contributed by atoms with van der Waals surface area (Å²) in [6, 6.07) is 0. The normalized spacial score (nSPS) is 20.3. The predicted molar refractivity (Wildman–Crippen MR) is 122 cm³/mol. The standard InChI is InChI=1S/C11H13F13O3Si.C11H18F4O3/c1-25-28(26-2,27-3)11(23,24)10(21,22)9(19,20)8(17,18)6(12,13)4-5-7(14,15)16;12-8-6-4-2-1-3-5-7-11(15)10(13,14)9-16-18-17-11/h4-5H2,1-3H3;1-9H2. The Morgan fingerprint density at radius 1 is 0.630 bits per heavy atom. The van der Waals surface area contributed by atoms with Crippen molar-refractivity contribution in [3.63, 3.8) is 0 Å². The molecule has 0 radical (unpaired) electrons. The van der Waals surface area contributed by atoms with Crippen LogP contribution in [-0.2, 0) is 28.1 Å².